The standard InChI is InChI=1S/C22H24N4O2/c1-14(2)28-19-9-7-18(8-10-19)25-22-23-12-17(13-24-22)21(27)26-20-11-15(3)5-6-16(20)4/h5-14H,1-4H3,(H,26,27)(H,23,24,25). The molecule has 1 heterocycles. The molecule has 0 fully saturated rings. The van der Waals surface area contributed by atoms with E-state index in [1.54, 1.807) is 0 Å². The Morgan fingerprint density at radius 1 is 1.00 bits per heavy atom. The summed E-state index contributed by atoms with van der Waals surface area (Å²) in [4.78, 5) is 20.9. The highest BCUT2D eigenvalue weighted by atomic mass is 16.5. The Morgan fingerprint density at radius 2 is 1.68 bits per heavy atom. The largest absolute Gasteiger partial charge is 0.491 e. The zero-order valence-electron chi connectivity index (χ0n) is 16.5. The van der Waals surface area contributed by atoms with Gasteiger partial charge in [0, 0.05) is 23.8 Å². The second-order valence-corrected chi connectivity index (χ2v) is 6.88. The van der Waals surface area contributed by atoms with Crippen LogP contribution in [0.15, 0.2) is 54.9 Å². The molecule has 0 spiro atoms. The molecule has 2 N–H and O–H groups in total. The van der Waals surface area contributed by atoms with Gasteiger partial charge in [0.25, 0.3) is 5.91 Å². The minimum Gasteiger partial charge on any atom is -0.491 e. The van der Waals surface area contributed by atoms with Gasteiger partial charge in [-0.15, -0.1) is 0 Å². The van der Waals surface area contributed by atoms with E-state index in [-0.39, 0.29) is 12.0 Å². The molecule has 1 amide bonds. The fourth-order valence-electron chi connectivity index (χ4n) is 2.59. The van der Waals surface area contributed by atoms with E-state index in [1.807, 2.05) is 70.2 Å². The molecule has 0 bridgehead atoms. The van der Waals surface area contributed by atoms with E-state index in [9.17, 15) is 4.79 Å². The lowest BCUT2D eigenvalue weighted by atomic mass is 10.1. The van der Waals surface area contributed by atoms with Crippen molar-refractivity contribution in [3.05, 3.63) is 71.5 Å². The number of anilines is 3. The van der Waals surface area contributed by atoms with Gasteiger partial charge in [-0.05, 0) is 69.2 Å². The molecule has 6 nitrogen and oxygen atoms in total. The van der Waals surface area contributed by atoms with Crippen molar-refractivity contribution in [2.24, 2.45) is 0 Å². The van der Waals surface area contributed by atoms with Crippen molar-refractivity contribution in [2.75, 3.05) is 10.6 Å². The summed E-state index contributed by atoms with van der Waals surface area (Å²) in [6, 6.07) is 13.5. The highest BCUT2D eigenvalue weighted by Crippen LogP contribution is 2.20. The number of hydrogen-bond donors (Lipinski definition) is 2. The van der Waals surface area contributed by atoms with Gasteiger partial charge >= 0.3 is 0 Å². The molecule has 3 aromatic rings. The van der Waals surface area contributed by atoms with Gasteiger partial charge in [0.2, 0.25) is 5.95 Å². The first-order valence-corrected chi connectivity index (χ1v) is 9.15. The minimum atomic E-state index is -0.240. The van der Waals surface area contributed by atoms with E-state index in [4.69, 9.17) is 4.74 Å². The summed E-state index contributed by atoms with van der Waals surface area (Å²) in [7, 11) is 0. The Balaban J connectivity index is 1.64. The van der Waals surface area contributed by atoms with E-state index < -0.39 is 0 Å². The van der Waals surface area contributed by atoms with Crippen LogP contribution in [0.1, 0.15) is 35.3 Å². The second kappa shape index (κ2) is 8.52. The summed E-state index contributed by atoms with van der Waals surface area (Å²) in [5.41, 5.74) is 4.11. The van der Waals surface area contributed by atoms with Crippen molar-refractivity contribution >= 4 is 23.2 Å². The van der Waals surface area contributed by atoms with Crippen molar-refractivity contribution in [1.82, 2.24) is 9.97 Å². The van der Waals surface area contributed by atoms with Gasteiger partial charge in [0.15, 0.2) is 0 Å². The van der Waals surface area contributed by atoms with Crippen LogP contribution < -0.4 is 15.4 Å². The third-order valence-corrected chi connectivity index (χ3v) is 4.04. The van der Waals surface area contributed by atoms with Crippen molar-refractivity contribution in [1.29, 1.82) is 0 Å². The lowest BCUT2D eigenvalue weighted by Crippen LogP contribution is -2.14. The number of nitrogens with zero attached hydrogens (tertiary/aromatic N) is 2. The summed E-state index contributed by atoms with van der Waals surface area (Å²) < 4.78 is 5.62. The van der Waals surface area contributed by atoms with Gasteiger partial charge in [-0.25, -0.2) is 9.97 Å². The van der Waals surface area contributed by atoms with Crippen LogP contribution in [0.25, 0.3) is 0 Å². The Morgan fingerprint density at radius 3 is 2.32 bits per heavy atom. The molecule has 0 saturated heterocycles. The third kappa shape index (κ3) is 5.07. The molecule has 2 aromatic carbocycles. The molecular weight excluding hydrogens is 352 g/mol. The molecule has 0 saturated carbocycles. The number of nitrogens with one attached hydrogen (secondary N) is 2. The summed E-state index contributed by atoms with van der Waals surface area (Å²) in [6.07, 6.45) is 3.14. The molecule has 0 unspecified atom stereocenters. The fraction of sp³-hybridized carbons (Fsp3) is 0.227. The number of hydrogen-bond acceptors (Lipinski definition) is 5. The van der Waals surface area contributed by atoms with Gasteiger partial charge in [-0.3, -0.25) is 4.79 Å². The Labute approximate surface area is 165 Å². The average Bonchev–Trinajstić information content (AvgIpc) is 2.66. The lowest BCUT2D eigenvalue weighted by molar-refractivity contribution is 0.102. The summed E-state index contributed by atoms with van der Waals surface area (Å²) in [5.74, 6) is 0.983. The second-order valence-electron chi connectivity index (χ2n) is 6.88. The molecule has 28 heavy (non-hydrogen) atoms. The smallest absolute Gasteiger partial charge is 0.258 e. The van der Waals surface area contributed by atoms with Crippen LogP contribution >= 0.6 is 0 Å². The summed E-state index contributed by atoms with van der Waals surface area (Å²) in [5, 5.41) is 6.01. The number of rotatable bonds is 6. The normalized spacial score (nSPS) is 10.6. The number of aromatic nitrogens is 2. The monoisotopic (exact) mass is 376 g/mol. The van der Waals surface area contributed by atoms with Crippen LogP contribution in [0.4, 0.5) is 17.3 Å². The van der Waals surface area contributed by atoms with Gasteiger partial charge in [-0.2, -0.15) is 0 Å². The highest BCUT2D eigenvalue weighted by molar-refractivity contribution is 6.04. The quantitative estimate of drug-likeness (QED) is 0.641. The van der Waals surface area contributed by atoms with Gasteiger partial charge in [-0.1, -0.05) is 12.1 Å². The molecule has 0 radical (unpaired) electrons. The number of benzene rings is 2. The first-order chi connectivity index (χ1) is 13.4. The third-order valence-electron chi connectivity index (χ3n) is 4.04. The van der Waals surface area contributed by atoms with Gasteiger partial charge < -0.3 is 15.4 Å². The topological polar surface area (TPSA) is 76.1 Å². The van der Waals surface area contributed by atoms with Gasteiger partial charge in [0.05, 0.1) is 11.7 Å². The Hall–Kier alpha value is -3.41. The average molecular weight is 376 g/mol. The van der Waals surface area contributed by atoms with Crippen molar-refractivity contribution < 1.29 is 9.53 Å². The van der Waals surface area contributed by atoms with Crippen molar-refractivity contribution in [3.8, 4) is 5.75 Å². The predicted octanol–water partition coefficient (Wildman–Crippen LogP) is 4.88. The van der Waals surface area contributed by atoms with Crippen molar-refractivity contribution in [2.45, 2.75) is 33.8 Å². The molecule has 6 heteroatoms. The van der Waals surface area contributed by atoms with Crippen LogP contribution in [0.5, 0.6) is 5.75 Å². The van der Waals surface area contributed by atoms with E-state index in [0.29, 0.717) is 11.5 Å². The van der Waals surface area contributed by atoms with Crippen LogP contribution in [-0.2, 0) is 0 Å². The van der Waals surface area contributed by atoms with Crippen LogP contribution in [0.3, 0.4) is 0 Å². The predicted molar refractivity (Wildman–Crippen MR) is 111 cm³/mol. The maximum absolute atomic E-state index is 12.4. The first-order valence-electron chi connectivity index (χ1n) is 9.15. The van der Waals surface area contributed by atoms with E-state index >= 15 is 0 Å². The maximum atomic E-state index is 12.4. The van der Waals surface area contributed by atoms with E-state index in [0.717, 1.165) is 28.3 Å². The first kappa shape index (κ1) is 19.4. The Kier molecular flexibility index (Phi) is 5.89. The van der Waals surface area contributed by atoms with Crippen LogP contribution in [0.2, 0.25) is 0 Å². The lowest BCUT2D eigenvalue weighted by Gasteiger charge is -2.11. The minimum absolute atomic E-state index is 0.129. The zero-order valence-corrected chi connectivity index (χ0v) is 16.5. The van der Waals surface area contributed by atoms with E-state index in [1.165, 1.54) is 12.4 Å². The maximum Gasteiger partial charge on any atom is 0.258 e. The number of aryl methyl sites for hydroxylation is 2. The molecule has 0 aliphatic rings. The zero-order chi connectivity index (χ0) is 20.1. The van der Waals surface area contributed by atoms with Crippen LogP contribution in [-0.4, -0.2) is 22.0 Å². The summed E-state index contributed by atoms with van der Waals surface area (Å²) >= 11 is 0. The van der Waals surface area contributed by atoms with E-state index in [2.05, 4.69) is 20.6 Å². The number of carbonyl (C=O) groups excluding carboxylic acids is 1. The Bertz CT molecular complexity index is 951. The number of carbonyl (C=O) groups is 1. The molecule has 0 aliphatic carbocycles. The number of ether oxygens (including phenoxy) is 1. The highest BCUT2D eigenvalue weighted by Gasteiger charge is 2.10. The summed E-state index contributed by atoms with van der Waals surface area (Å²) in [6.45, 7) is 7.91. The SMILES string of the molecule is Cc1ccc(C)c(NC(=O)c2cnc(Nc3ccc(OC(C)C)cc3)nc2)c1. The van der Waals surface area contributed by atoms with Crippen molar-refractivity contribution in [3.63, 3.8) is 0 Å². The number of amides is 1. The molecule has 144 valence electrons. The van der Waals surface area contributed by atoms with Gasteiger partial charge in [0.1, 0.15) is 5.75 Å². The molecule has 0 atom stereocenters. The molecule has 1 aromatic heterocycles. The molecule has 3 rings (SSSR count). The molecular formula is C22H24N4O2. The molecule has 0 aliphatic heterocycles. The fourth-order valence-corrected chi connectivity index (χ4v) is 2.59. The van der Waals surface area contributed by atoms with Crippen LogP contribution in [0, 0.1) is 13.8 Å².